The second kappa shape index (κ2) is 4.97. The number of unbranched alkanes of at least 4 members (excludes halogenated alkanes) is 1. The summed E-state index contributed by atoms with van der Waals surface area (Å²) in [5.41, 5.74) is 0. The number of hydrogen-bond donors (Lipinski definition) is 0. The molecule has 12 heavy (non-hydrogen) atoms. The molecule has 0 N–H and O–H groups in total. The van der Waals surface area contributed by atoms with Crippen LogP contribution >= 0.6 is 0 Å². The summed E-state index contributed by atoms with van der Waals surface area (Å²) in [4.78, 5) is 0. The van der Waals surface area contributed by atoms with Gasteiger partial charge in [0.1, 0.15) is 0 Å². The average molecular weight is 189 g/mol. The van der Waals surface area contributed by atoms with Crippen molar-refractivity contribution < 1.29 is 4.21 Å². The second-order valence-electron chi connectivity index (χ2n) is 3.61. The fourth-order valence-electron chi connectivity index (χ4n) is 1.76. The summed E-state index contributed by atoms with van der Waals surface area (Å²) in [6.45, 7) is 4.32. The van der Waals surface area contributed by atoms with Crippen molar-refractivity contribution in [3.8, 4) is 0 Å². The van der Waals surface area contributed by atoms with Crippen LogP contribution in [0, 0.1) is 5.92 Å². The van der Waals surface area contributed by atoms with E-state index in [0.29, 0.717) is 0 Å². The SMILES string of the molecule is CCCCC1CCN(S(C)=O)C1. The summed E-state index contributed by atoms with van der Waals surface area (Å²) in [5, 5.41) is 0. The molecule has 0 amide bonds. The summed E-state index contributed by atoms with van der Waals surface area (Å²) >= 11 is 0. The summed E-state index contributed by atoms with van der Waals surface area (Å²) < 4.78 is 13.2. The van der Waals surface area contributed by atoms with Gasteiger partial charge in [0.05, 0.1) is 11.0 Å². The smallest absolute Gasteiger partial charge is 0.0910 e. The standard InChI is InChI=1S/C9H19NOS/c1-3-4-5-9-6-7-10(8-9)12(2)11/h9H,3-8H2,1-2H3. The predicted molar refractivity (Wildman–Crippen MR) is 53.3 cm³/mol. The Bertz CT molecular complexity index is 161. The third-order valence-electron chi connectivity index (χ3n) is 2.58. The summed E-state index contributed by atoms with van der Waals surface area (Å²) in [6.07, 6.45) is 6.96. The van der Waals surface area contributed by atoms with E-state index in [2.05, 4.69) is 11.2 Å². The molecule has 0 aliphatic carbocycles. The lowest BCUT2D eigenvalue weighted by Gasteiger charge is -2.11. The highest BCUT2D eigenvalue weighted by Gasteiger charge is 2.23. The molecule has 0 aromatic heterocycles. The molecule has 1 rings (SSSR count). The molecular weight excluding hydrogens is 170 g/mol. The predicted octanol–water partition coefficient (Wildman–Crippen LogP) is 1.79. The summed E-state index contributed by atoms with van der Waals surface area (Å²) in [6, 6.07) is 0. The van der Waals surface area contributed by atoms with Crippen LogP contribution in [0.25, 0.3) is 0 Å². The second-order valence-corrected chi connectivity index (χ2v) is 4.97. The van der Waals surface area contributed by atoms with Crippen molar-refractivity contribution >= 4 is 11.0 Å². The number of nitrogens with zero attached hydrogens (tertiary/aromatic N) is 1. The molecule has 3 heteroatoms. The molecular formula is C9H19NOS. The van der Waals surface area contributed by atoms with Crippen LogP contribution in [-0.2, 0) is 11.0 Å². The van der Waals surface area contributed by atoms with E-state index in [0.717, 1.165) is 19.0 Å². The minimum Gasteiger partial charge on any atom is -0.243 e. The van der Waals surface area contributed by atoms with Crippen LogP contribution in [0.5, 0.6) is 0 Å². The first kappa shape index (κ1) is 10.2. The van der Waals surface area contributed by atoms with Gasteiger partial charge in [-0.3, -0.25) is 0 Å². The number of hydrogen-bond acceptors (Lipinski definition) is 1. The Kier molecular flexibility index (Phi) is 4.22. The van der Waals surface area contributed by atoms with Gasteiger partial charge in [0.25, 0.3) is 0 Å². The van der Waals surface area contributed by atoms with Gasteiger partial charge in [-0.1, -0.05) is 19.8 Å². The third-order valence-corrected chi connectivity index (χ3v) is 3.64. The Morgan fingerprint density at radius 1 is 1.58 bits per heavy atom. The molecule has 0 aromatic rings. The molecule has 1 heterocycles. The average Bonchev–Trinajstić information content (AvgIpc) is 2.48. The molecule has 0 saturated carbocycles. The van der Waals surface area contributed by atoms with Gasteiger partial charge in [0.15, 0.2) is 0 Å². The molecule has 72 valence electrons. The van der Waals surface area contributed by atoms with Gasteiger partial charge in [0.2, 0.25) is 0 Å². The van der Waals surface area contributed by atoms with E-state index in [1.165, 1.54) is 25.7 Å². The molecule has 2 atom stereocenters. The summed E-state index contributed by atoms with van der Waals surface area (Å²) in [7, 11) is -0.734. The Labute approximate surface area is 77.9 Å². The molecule has 1 saturated heterocycles. The molecule has 1 aliphatic heterocycles. The maximum absolute atomic E-state index is 11.1. The highest BCUT2D eigenvalue weighted by molar-refractivity contribution is 7.81. The first-order valence-corrected chi connectivity index (χ1v) is 6.34. The van der Waals surface area contributed by atoms with Crippen LogP contribution < -0.4 is 0 Å². The van der Waals surface area contributed by atoms with Crippen molar-refractivity contribution in [2.75, 3.05) is 19.3 Å². The Morgan fingerprint density at radius 2 is 2.33 bits per heavy atom. The zero-order chi connectivity index (χ0) is 8.97. The lowest BCUT2D eigenvalue weighted by Crippen LogP contribution is -2.22. The van der Waals surface area contributed by atoms with Crippen molar-refractivity contribution in [2.45, 2.75) is 32.6 Å². The van der Waals surface area contributed by atoms with Gasteiger partial charge in [-0.25, -0.2) is 8.51 Å². The molecule has 0 aromatic carbocycles. The highest BCUT2D eigenvalue weighted by Crippen LogP contribution is 2.22. The number of rotatable bonds is 4. The van der Waals surface area contributed by atoms with Gasteiger partial charge in [-0.15, -0.1) is 0 Å². The van der Waals surface area contributed by atoms with Crippen molar-refractivity contribution in [3.63, 3.8) is 0 Å². The fourth-order valence-corrected chi connectivity index (χ4v) is 2.54. The van der Waals surface area contributed by atoms with E-state index in [9.17, 15) is 4.21 Å². The first-order valence-electron chi connectivity index (χ1n) is 4.82. The van der Waals surface area contributed by atoms with E-state index in [4.69, 9.17) is 0 Å². The van der Waals surface area contributed by atoms with Crippen molar-refractivity contribution in [1.82, 2.24) is 4.31 Å². The topological polar surface area (TPSA) is 20.3 Å². The highest BCUT2D eigenvalue weighted by atomic mass is 32.2. The minimum absolute atomic E-state index is 0.734. The molecule has 1 aliphatic rings. The van der Waals surface area contributed by atoms with Crippen molar-refractivity contribution in [3.05, 3.63) is 0 Å². The van der Waals surface area contributed by atoms with E-state index >= 15 is 0 Å². The van der Waals surface area contributed by atoms with Crippen LogP contribution in [0.15, 0.2) is 0 Å². The Morgan fingerprint density at radius 3 is 2.83 bits per heavy atom. The maximum Gasteiger partial charge on any atom is 0.0910 e. The van der Waals surface area contributed by atoms with Crippen molar-refractivity contribution in [1.29, 1.82) is 0 Å². The molecule has 2 nitrogen and oxygen atoms in total. The minimum atomic E-state index is -0.734. The first-order chi connectivity index (χ1) is 5.74. The fraction of sp³-hybridized carbons (Fsp3) is 1.00. The normalized spacial score (nSPS) is 27.7. The van der Waals surface area contributed by atoms with Gasteiger partial charge in [-0.05, 0) is 18.8 Å². The third kappa shape index (κ3) is 2.87. The zero-order valence-electron chi connectivity index (χ0n) is 8.08. The van der Waals surface area contributed by atoms with Crippen LogP contribution in [0.3, 0.4) is 0 Å². The van der Waals surface area contributed by atoms with Gasteiger partial charge >= 0.3 is 0 Å². The van der Waals surface area contributed by atoms with E-state index in [1.807, 2.05) is 0 Å². The molecule has 2 unspecified atom stereocenters. The summed E-state index contributed by atoms with van der Waals surface area (Å²) in [5.74, 6) is 0.814. The monoisotopic (exact) mass is 189 g/mol. The quantitative estimate of drug-likeness (QED) is 0.660. The lowest BCUT2D eigenvalue weighted by atomic mass is 10.0. The Balaban J connectivity index is 2.21. The lowest BCUT2D eigenvalue weighted by molar-refractivity contribution is 0.465. The molecule has 0 spiro atoms. The van der Waals surface area contributed by atoms with Gasteiger partial charge in [0, 0.05) is 19.3 Å². The Hall–Kier alpha value is 0.110. The van der Waals surface area contributed by atoms with Crippen LogP contribution in [0.1, 0.15) is 32.6 Å². The maximum atomic E-state index is 11.1. The zero-order valence-corrected chi connectivity index (χ0v) is 8.90. The van der Waals surface area contributed by atoms with Crippen LogP contribution in [0.4, 0.5) is 0 Å². The molecule has 0 radical (unpaired) electrons. The van der Waals surface area contributed by atoms with Crippen molar-refractivity contribution in [2.24, 2.45) is 5.92 Å². The molecule has 1 fully saturated rings. The largest absolute Gasteiger partial charge is 0.243 e. The van der Waals surface area contributed by atoms with Gasteiger partial charge < -0.3 is 0 Å². The van der Waals surface area contributed by atoms with E-state index < -0.39 is 11.0 Å². The van der Waals surface area contributed by atoms with E-state index in [1.54, 1.807) is 6.26 Å². The van der Waals surface area contributed by atoms with E-state index in [-0.39, 0.29) is 0 Å². The van der Waals surface area contributed by atoms with Crippen LogP contribution in [-0.4, -0.2) is 27.9 Å². The van der Waals surface area contributed by atoms with Gasteiger partial charge in [-0.2, -0.15) is 0 Å². The molecule has 0 bridgehead atoms. The van der Waals surface area contributed by atoms with Crippen LogP contribution in [0.2, 0.25) is 0 Å².